The lowest BCUT2D eigenvalue weighted by atomic mass is 9.93. The van der Waals surface area contributed by atoms with E-state index < -0.39 is 0 Å². The number of hydrogen-bond donors (Lipinski definition) is 0. The largest absolute Gasteiger partial charge is 0.309 e. The predicted molar refractivity (Wildman–Crippen MR) is 181 cm³/mol. The number of para-hydroxylation sites is 1. The summed E-state index contributed by atoms with van der Waals surface area (Å²) in [7, 11) is 0. The number of aromatic nitrogens is 1. The highest BCUT2D eigenvalue weighted by Gasteiger charge is 2.18. The number of thiophene rings is 2. The van der Waals surface area contributed by atoms with E-state index in [4.69, 9.17) is 0 Å². The van der Waals surface area contributed by atoms with Gasteiger partial charge < -0.3 is 4.57 Å². The van der Waals surface area contributed by atoms with Crippen LogP contribution >= 0.6 is 22.7 Å². The molecule has 0 unspecified atom stereocenters. The fourth-order valence-corrected chi connectivity index (χ4v) is 9.43. The van der Waals surface area contributed by atoms with E-state index in [9.17, 15) is 0 Å². The van der Waals surface area contributed by atoms with Gasteiger partial charge in [0.05, 0.1) is 21.4 Å². The lowest BCUT2D eigenvalue weighted by Gasteiger charge is -2.16. The van der Waals surface area contributed by atoms with E-state index in [0.29, 0.717) is 0 Å². The third-order valence-electron chi connectivity index (χ3n) is 8.83. The summed E-state index contributed by atoms with van der Waals surface area (Å²) in [5.41, 5.74) is 6.30. The fraction of sp³-hybridized carbons (Fsp3) is 0. The lowest BCUT2D eigenvalue weighted by Crippen LogP contribution is -1.96. The molecule has 0 amide bonds. The van der Waals surface area contributed by atoms with Crippen molar-refractivity contribution in [1.29, 1.82) is 0 Å². The first kappa shape index (κ1) is 22.0. The van der Waals surface area contributed by atoms with E-state index in [-0.39, 0.29) is 0 Å². The van der Waals surface area contributed by atoms with Crippen LogP contribution in [-0.2, 0) is 0 Å². The highest BCUT2D eigenvalue weighted by Crippen LogP contribution is 2.44. The lowest BCUT2D eigenvalue weighted by molar-refractivity contribution is 1.20. The standard InChI is InChI=1S/C38H21NS2/c1-2-10-31-27(7-1)30-21-25(26-8-4-9-29-37(26)41-34-19-20-40-38(29)34)15-18-33(30)39(31)32-17-14-24-12-11-22-5-3-6-23-13-16-28(32)36(24)35(22)23/h1-21H. The van der Waals surface area contributed by atoms with Gasteiger partial charge in [-0.2, -0.15) is 0 Å². The van der Waals surface area contributed by atoms with Gasteiger partial charge in [-0.1, -0.05) is 91.0 Å². The number of rotatable bonds is 2. The van der Waals surface area contributed by atoms with E-state index in [1.54, 1.807) is 0 Å². The van der Waals surface area contributed by atoms with Crippen LogP contribution in [0.5, 0.6) is 0 Å². The minimum atomic E-state index is 1.23. The summed E-state index contributed by atoms with van der Waals surface area (Å²) < 4.78 is 6.63. The Morgan fingerprint density at radius 1 is 0.488 bits per heavy atom. The quantitative estimate of drug-likeness (QED) is 0.187. The van der Waals surface area contributed by atoms with E-state index in [0.717, 1.165) is 0 Å². The molecule has 0 spiro atoms. The minimum Gasteiger partial charge on any atom is -0.309 e. The second-order valence-electron chi connectivity index (χ2n) is 10.9. The Labute approximate surface area is 243 Å². The van der Waals surface area contributed by atoms with E-state index in [1.807, 2.05) is 22.7 Å². The van der Waals surface area contributed by atoms with Crippen LogP contribution in [0, 0.1) is 0 Å². The maximum atomic E-state index is 2.47. The molecule has 3 aromatic heterocycles. The molecule has 3 heteroatoms. The molecule has 3 heterocycles. The number of fused-ring (bicyclic) bond motifs is 6. The maximum Gasteiger partial charge on any atom is 0.0541 e. The monoisotopic (exact) mass is 555 g/mol. The summed E-state index contributed by atoms with van der Waals surface area (Å²) in [6.45, 7) is 0. The Hall–Kier alpha value is -4.70. The number of hydrogen-bond acceptors (Lipinski definition) is 2. The molecule has 10 aromatic rings. The van der Waals surface area contributed by atoms with Gasteiger partial charge in [-0.25, -0.2) is 0 Å². The first-order valence-corrected chi connectivity index (χ1v) is 15.6. The molecule has 10 rings (SSSR count). The average Bonchev–Trinajstić information content (AvgIpc) is 3.72. The topological polar surface area (TPSA) is 4.93 Å². The van der Waals surface area contributed by atoms with Crippen molar-refractivity contribution in [2.75, 3.05) is 0 Å². The van der Waals surface area contributed by atoms with Crippen LogP contribution in [-0.4, -0.2) is 4.57 Å². The first-order chi connectivity index (χ1) is 20.3. The van der Waals surface area contributed by atoms with Crippen LogP contribution in [0.1, 0.15) is 0 Å². The van der Waals surface area contributed by atoms with Gasteiger partial charge in [0.2, 0.25) is 0 Å². The highest BCUT2D eigenvalue weighted by atomic mass is 32.1. The van der Waals surface area contributed by atoms with Crippen LogP contribution in [0.4, 0.5) is 0 Å². The normalized spacial score (nSPS) is 12.4. The number of benzene rings is 7. The van der Waals surface area contributed by atoms with E-state index in [1.165, 1.54) is 90.4 Å². The Morgan fingerprint density at radius 3 is 2.17 bits per heavy atom. The molecule has 0 aliphatic carbocycles. The molecule has 0 atom stereocenters. The zero-order valence-electron chi connectivity index (χ0n) is 21.9. The summed E-state index contributed by atoms with van der Waals surface area (Å²) >= 11 is 3.75. The van der Waals surface area contributed by atoms with Crippen LogP contribution < -0.4 is 0 Å². The summed E-state index contributed by atoms with van der Waals surface area (Å²) in [6, 6.07) is 45.3. The summed E-state index contributed by atoms with van der Waals surface area (Å²) in [5.74, 6) is 0. The molecule has 190 valence electrons. The maximum absolute atomic E-state index is 2.47. The fourth-order valence-electron chi connectivity index (χ4n) is 7.05. The molecule has 41 heavy (non-hydrogen) atoms. The molecule has 0 aliphatic heterocycles. The summed E-state index contributed by atoms with van der Waals surface area (Å²) in [5, 5.41) is 14.0. The molecular formula is C38H21NS2. The predicted octanol–water partition coefficient (Wildman–Crippen LogP) is 11.8. The second-order valence-corrected chi connectivity index (χ2v) is 12.9. The third kappa shape index (κ3) is 2.89. The highest BCUT2D eigenvalue weighted by molar-refractivity contribution is 7.32. The molecule has 0 bridgehead atoms. The van der Waals surface area contributed by atoms with E-state index in [2.05, 4.69) is 131 Å². The van der Waals surface area contributed by atoms with Gasteiger partial charge in [0.25, 0.3) is 0 Å². The zero-order chi connectivity index (χ0) is 26.7. The first-order valence-electron chi connectivity index (χ1n) is 13.9. The molecule has 1 nitrogen and oxygen atoms in total. The van der Waals surface area contributed by atoms with Crippen molar-refractivity contribution in [2.24, 2.45) is 0 Å². The van der Waals surface area contributed by atoms with Gasteiger partial charge in [-0.3, -0.25) is 0 Å². The van der Waals surface area contributed by atoms with Gasteiger partial charge in [-0.15, -0.1) is 22.7 Å². The smallest absolute Gasteiger partial charge is 0.0541 e. The SMILES string of the molecule is c1cc2ccc3ccc(-n4c5ccccc5c5cc(-c6cccc7c6sc6ccsc67)ccc54)c4ccc(c1)c2c34. The van der Waals surface area contributed by atoms with Gasteiger partial charge in [0.15, 0.2) is 0 Å². The third-order valence-corrected chi connectivity index (χ3v) is 11.1. The van der Waals surface area contributed by atoms with Crippen molar-refractivity contribution in [3.05, 3.63) is 127 Å². The second kappa shape index (κ2) is 7.94. The van der Waals surface area contributed by atoms with Crippen molar-refractivity contribution in [2.45, 2.75) is 0 Å². The van der Waals surface area contributed by atoms with Crippen molar-refractivity contribution in [3.63, 3.8) is 0 Å². The summed E-state index contributed by atoms with van der Waals surface area (Å²) in [6.07, 6.45) is 0. The zero-order valence-corrected chi connectivity index (χ0v) is 23.5. The van der Waals surface area contributed by atoms with Crippen molar-refractivity contribution in [3.8, 4) is 16.8 Å². The van der Waals surface area contributed by atoms with Gasteiger partial charge in [0, 0.05) is 30.9 Å². The van der Waals surface area contributed by atoms with E-state index >= 15 is 0 Å². The van der Waals surface area contributed by atoms with Gasteiger partial charge in [-0.05, 0) is 73.8 Å². The molecule has 7 aromatic carbocycles. The minimum absolute atomic E-state index is 1.23. The van der Waals surface area contributed by atoms with Crippen LogP contribution in [0.3, 0.4) is 0 Å². The Morgan fingerprint density at radius 2 is 1.24 bits per heavy atom. The average molecular weight is 556 g/mol. The van der Waals surface area contributed by atoms with Crippen molar-refractivity contribution in [1.82, 2.24) is 4.57 Å². The van der Waals surface area contributed by atoms with Gasteiger partial charge >= 0.3 is 0 Å². The molecule has 0 fully saturated rings. The van der Waals surface area contributed by atoms with Crippen LogP contribution in [0.2, 0.25) is 0 Å². The molecule has 0 saturated carbocycles. The van der Waals surface area contributed by atoms with Crippen LogP contribution in [0.25, 0.3) is 90.4 Å². The Balaban J connectivity index is 1.28. The molecule has 0 N–H and O–H groups in total. The summed E-state index contributed by atoms with van der Waals surface area (Å²) in [4.78, 5) is 0. The van der Waals surface area contributed by atoms with Crippen LogP contribution in [0.15, 0.2) is 127 Å². The Bertz CT molecular complexity index is 2630. The molecule has 0 radical (unpaired) electrons. The van der Waals surface area contributed by atoms with Crippen molar-refractivity contribution < 1.29 is 0 Å². The Kier molecular flexibility index (Phi) is 4.27. The molecule has 0 aliphatic rings. The molecular weight excluding hydrogens is 535 g/mol. The molecule has 0 saturated heterocycles. The van der Waals surface area contributed by atoms with Crippen molar-refractivity contribution >= 4 is 96.3 Å². The van der Waals surface area contributed by atoms with Gasteiger partial charge in [0.1, 0.15) is 0 Å². The number of nitrogens with zero attached hydrogens (tertiary/aromatic N) is 1.